The molecule has 0 fully saturated rings. The Morgan fingerprint density at radius 3 is 2.56 bits per heavy atom. The van der Waals surface area contributed by atoms with Gasteiger partial charge in [-0.1, -0.05) is 32.9 Å². The molecule has 0 radical (unpaired) electrons. The molecule has 0 aliphatic carbocycles. The number of aryl methyl sites for hydroxylation is 1. The second-order valence-electron chi connectivity index (χ2n) is 3.36. The summed E-state index contributed by atoms with van der Waals surface area (Å²) in [5.74, 6) is 0. The van der Waals surface area contributed by atoms with Gasteiger partial charge in [0.05, 0.1) is 0 Å². The van der Waals surface area contributed by atoms with Gasteiger partial charge in [0.2, 0.25) is 0 Å². The van der Waals surface area contributed by atoms with E-state index in [1.54, 1.807) is 18.5 Å². The van der Waals surface area contributed by atoms with Gasteiger partial charge in [-0.15, -0.1) is 0 Å². The molecule has 0 unspecified atom stereocenters. The average Bonchev–Trinajstić information content (AvgIpc) is 2.27. The average molecular weight is 216 g/mol. The van der Waals surface area contributed by atoms with E-state index in [-0.39, 0.29) is 0 Å². The fraction of sp³-hybridized carbons (Fsp3) is 0.286. The third kappa shape index (κ3) is 5.25. The summed E-state index contributed by atoms with van der Waals surface area (Å²) in [4.78, 5) is 7.82. The van der Waals surface area contributed by atoms with E-state index in [1.807, 2.05) is 19.1 Å². The van der Waals surface area contributed by atoms with Crippen molar-refractivity contribution in [2.24, 2.45) is 4.99 Å². The quantitative estimate of drug-likeness (QED) is 0.553. The maximum atomic E-state index is 4.11. The minimum absolute atomic E-state index is 0.959. The van der Waals surface area contributed by atoms with Gasteiger partial charge >= 0.3 is 0 Å². The number of nitrogens with zero attached hydrogens (tertiary/aromatic N) is 2. The summed E-state index contributed by atoms with van der Waals surface area (Å²) in [6.07, 6.45) is 6.45. The van der Waals surface area contributed by atoms with E-state index in [0.29, 0.717) is 0 Å². The summed E-state index contributed by atoms with van der Waals surface area (Å²) in [5, 5.41) is 0. The van der Waals surface area contributed by atoms with E-state index in [1.165, 1.54) is 6.42 Å². The first-order chi connectivity index (χ1) is 7.69. The zero-order valence-electron chi connectivity index (χ0n) is 10.4. The molecule has 0 aliphatic rings. The summed E-state index contributed by atoms with van der Waals surface area (Å²) >= 11 is 0. The van der Waals surface area contributed by atoms with Crippen LogP contribution in [-0.4, -0.2) is 11.7 Å². The highest BCUT2D eigenvalue weighted by Gasteiger charge is 1.96. The van der Waals surface area contributed by atoms with Crippen LogP contribution in [0.2, 0.25) is 0 Å². The molecule has 1 aromatic rings. The fourth-order valence-electron chi connectivity index (χ4n) is 1.07. The molecule has 0 aromatic carbocycles. The topological polar surface area (TPSA) is 25.2 Å². The van der Waals surface area contributed by atoms with Crippen molar-refractivity contribution in [1.82, 2.24) is 4.98 Å². The molecule has 0 aliphatic heterocycles. The van der Waals surface area contributed by atoms with Gasteiger partial charge < -0.3 is 0 Å². The lowest BCUT2D eigenvalue weighted by atomic mass is 10.1. The van der Waals surface area contributed by atoms with Gasteiger partial charge in [0.1, 0.15) is 0 Å². The molecule has 0 amide bonds. The van der Waals surface area contributed by atoms with Crippen molar-refractivity contribution in [1.29, 1.82) is 0 Å². The van der Waals surface area contributed by atoms with E-state index in [9.17, 15) is 0 Å². The standard InChI is InChI=1S/C11H12N2.C3H8/c1-4-10(8-12-3)11-5-6-13-9(2)7-11;1-3-2/h4-8H,1,3H2,2H3;3H2,1-2H3/b10-8+;. The Balaban J connectivity index is 0.000000673. The molecule has 0 spiro atoms. The maximum Gasteiger partial charge on any atom is 0.0378 e. The smallest absolute Gasteiger partial charge is 0.0378 e. The number of pyridine rings is 1. The van der Waals surface area contributed by atoms with Crippen LogP contribution in [-0.2, 0) is 0 Å². The lowest BCUT2D eigenvalue weighted by Crippen LogP contribution is -1.84. The van der Waals surface area contributed by atoms with Crippen LogP contribution in [0.25, 0.3) is 5.57 Å². The molecule has 2 heteroatoms. The van der Waals surface area contributed by atoms with Gasteiger partial charge in [-0.05, 0) is 36.9 Å². The van der Waals surface area contributed by atoms with Crippen molar-refractivity contribution in [2.75, 3.05) is 0 Å². The molecule has 0 saturated heterocycles. The van der Waals surface area contributed by atoms with Crippen LogP contribution in [0.15, 0.2) is 42.2 Å². The largest absolute Gasteiger partial charge is 0.272 e. The molecule has 1 aromatic heterocycles. The van der Waals surface area contributed by atoms with Crippen LogP contribution in [0, 0.1) is 6.92 Å². The van der Waals surface area contributed by atoms with E-state index in [0.717, 1.165) is 16.8 Å². The molecule has 0 bridgehead atoms. The second kappa shape index (κ2) is 8.60. The van der Waals surface area contributed by atoms with Crippen LogP contribution in [0.1, 0.15) is 31.5 Å². The number of hydrogen-bond donors (Lipinski definition) is 0. The lowest BCUT2D eigenvalue weighted by molar-refractivity contribution is 1.09. The maximum absolute atomic E-state index is 4.11. The van der Waals surface area contributed by atoms with Crippen LogP contribution in [0.5, 0.6) is 0 Å². The van der Waals surface area contributed by atoms with Crippen molar-refractivity contribution in [3.05, 3.63) is 48.4 Å². The first-order valence-corrected chi connectivity index (χ1v) is 5.41. The summed E-state index contributed by atoms with van der Waals surface area (Å²) in [6, 6.07) is 3.91. The summed E-state index contributed by atoms with van der Waals surface area (Å²) in [5.41, 5.74) is 3.00. The Hall–Kier alpha value is -1.70. The molecule has 86 valence electrons. The molecule has 1 rings (SSSR count). The molecular formula is C14H20N2. The van der Waals surface area contributed by atoms with E-state index >= 15 is 0 Å². The van der Waals surface area contributed by atoms with Gasteiger partial charge in [-0.25, -0.2) is 0 Å². The highest BCUT2D eigenvalue weighted by Crippen LogP contribution is 2.15. The molecule has 0 saturated carbocycles. The fourth-order valence-corrected chi connectivity index (χ4v) is 1.07. The van der Waals surface area contributed by atoms with Crippen molar-refractivity contribution in [3.8, 4) is 0 Å². The number of aromatic nitrogens is 1. The Morgan fingerprint density at radius 2 is 2.12 bits per heavy atom. The Morgan fingerprint density at radius 1 is 1.50 bits per heavy atom. The molecule has 2 nitrogen and oxygen atoms in total. The number of rotatable bonds is 3. The highest BCUT2D eigenvalue weighted by molar-refractivity contribution is 5.73. The van der Waals surface area contributed by atoms with Gasteiger partial charge in [0, 0.05) is 18.1 Å². The SMILES string of the molecule is C=C/C(=C\N=C)c1ccnc(C)c1.CCC. The van der Waals surface area contributed by atoms with Gasteiger partial charge in [0.15, 0.2) is 0 Å². The Kier molecular flexibility index (Phi) is 7.68. The first kappa shape index (κ1) is 14.3. The minimum Gasteiger partial charge on any atom is -0.272 e. The summed E-state index contributed by atoms with van der Waals surface area (Å²) in [6.45, 7) is 13.3. The number of allylic oxidation sites excluding steroid dienone is 2. The van der Waals surface area contributed by atoms with E-state index in [4.69, 9.17) is 0 Å². The molecular weight excluding hydrogens is 196 g/mol. The zero-order chi connectivity index (χ0) is 12.4. The highest BCUT2D eigenvalue weighted by atomic mass is 14.7. The second-order valence-corrected chi connectivity index (χ2v) is 3.36. The normalized spacial score (nSPS) is 10.1. The van der Waals surface area contributed by atoms with Crippen molar-refractivity contribution in [2.45, 2.75) is 27.2 Å². The van der Waals surface area contributed by atoms with Gasteiger partial charge in [-0.3, -0.25) is 9.98 Å². The van der Waals surface area contributed by atoms with Crippen LogP contribution in [0.4, 0.5) is 0 Å². The summed E-state index contributed by atoms with van der Waals surface area (Å²) < 4.78 is 0. The summed E-state index contributed by atoms with van der Waals surface area (Å²) in [7, 11) is 0. The van der Waals surface area contributed by atoms with Crippen LogP contribution in [0.3, 0.4) is 0 Å². The van der Waals surface area contributed by atoms with E-state index < -0.39 is 0 Å². The van der Waals surface area contributed by atoms with Crippen molar-refractivity contribution in [3.63, 3.8) is 0 Å². The Labute approximate surface area is 98.5 Å². The first-order valence-electron chi connectivity index (χ1n) is 5.41. The third-order valence-electron chi connectivity index (χ3n) is 1.68. The predicted octanol–water partition coefficient (Wildman–Crippen LogP) is 4.03. The van der Waals surface area contributed by atoms with Gasteiger partial charge in [0.25, 0.3) is 0 Å². The molecule has 16 heavy (non-hydrogen) atoms. The predicted molar refractivity (Wildman–Crippen MR) is 72.7 cm³/mol. The minimum atomic E-state index is 0.959. The van der Waals surface area contributed by atoms with Crippen LogP contribution < -0.4 is 0 Å². The molecule has 0 N–H and O–H groups in total. The van der Waals surface area contributed by atoms with Crippen LogP contribution >= 0.6 is 0 Å². The number of hydrogen-bond acceptors (Lipinski definition) is 2. The number of aliphatic imine (C=N–C) groups is 1. The monoisotopic (exact) mass is 216 g/mol. The zero-order valence-corrected chi connectivity index (χ0v) is 10.4. The molecule has 0 atom stereocenters. The van der Waals surface area contributed by atoms with Gasteiger partial charge in [-0.2, -0.15) is 0 Å². The Bertz CT molecular complexity index is 365. The van der Waals surface area contributed by atoms with Crippen molar-refractivity contribution < 1.29 is 0 Å². The third-order valence-corrected chi connectivity index (χ3v) is 1.68. The van der Waals surface area contributed by atoms with E-state index in [2.05, 4.69) is 37.1 Å². The molecule has 1 heterocycles. The van der Waals surface area contributed by atoms with Crippen molar-refractivity contribution >= 4 is 12.3 Å². The lowest BCUT2D eigenvalue weighted by Gasteiger charge is -2.00.